The molecule has 0 aliphatic heterocycles. The lowest BCUT2D eigenvalue weighted by Gasteiger charge is -2.08. The third-order valence-corrected chi connectivity index (χ3v) is 3.33. The number of carbonyl (C=O) groups excluding carboxylic acids is 1. The molecular weight excluding hydrogens is 341 g/mol. The minimum atomic E-state index is -0.222. The topological polar surface area (TPSA) is 53.5 Å². The van der Waals surface area contributed by atoms with Crippen LogP contribution < -0.4 is 10.7 Å². The Hall–Kier alpha value is -1.95. The van der Waals surface area contributed by atoms with E-state index in [1.165, 1.54) is 0 Å². The second-order valence-corrected chi connectivity index (χ2v) is 5.43. The van der Waals surface area contributed by atoms with Crippen LogP contribution >= 0.6 is 35.4 Å². The summed E-state index contributed by atoms with van der Waals surface area (Å²) in [5, 5.41) is 7.82. The number of anilines is 1. The Bertz CT molecular complexity index is 720. The zero-order valence-electron chi connectivity index (χ0n) is 11.2. The van der Waals surface area contributed by atoms with E-state index in [0.717, 1.165) is 6.21 Å². The van der Waals surface area contributed by atoms with Gasteiger partial charge in [0.05, 0.1) is 16.9 Å². The minimum absolute atomic E-state index is 0.210. The molecule has 0 atom stereocenters. The Morgan fingerprint density at radius 2 is 1.86 bits per heavy atom. The smallest absolute Gasteiger partial charge is 0.205 e. The average molecular weight is 352 g/mol. The zero-order chi connectivity index (χ0) is 15.9. The van der Waals surface area contributed by atoms with Crippen molar-refractivity contribution >= 4 is 58.2 Å². The highest BCUT2D eigenvalue weighted by atomic mass is 35.5. The van der Waals surface area contributed by atoms with Crippen molar-refractivity contribution in [1.29, 1.82) is 0 Å². The first-order chi connectivity index (χ1) is 10.6. The van der Waals surface area contributed by atoms with Gasteiger partial charge in [-0.3, -0.25) is 10.2 Å². The van der Waals surface area contributed by atoms with Crippen LogP contribution in [0.4, 0.5) is 5.69 Å². The first-order valence-corrected chi connectivity index (χ1v) is 7.37. The van der Waals surface area contributed by atoms with Crippen molar-refractivity contribution in [2.24, 2.45) is 5.10 Å². The number of hydrogen-bond donors (Lipinski definition) is 2. The van der Waals surface area contributed by atoms with Gasteiger partial charge in [0.15, 0.2) is 5.11 Å². The molecule has 2 aromatic carbocycles. The maximum absolute atomic E-state index is 11.8. The summed E-state index contributed by atoms with van der Waals surface area (Å²) in [6.07, 6.45) is 1.16. The Balaban J connectivity index is 1.90. The summed E-state index contributed by atoms with van der Waals surface area (Å²) in [5.74, 6) is -0.222. The number of benzene rings is 2. The van der Waals surface area contributed by atoms with Gasteiger partial charge in [-0.05, 0) is 30.4 Å². The van der Waals surface area contributed by atoms with Gasteiger partial charge in [-0.1, -0.05) is 53.5 Å². The van der Waals surface area contributed by atoms with Crippen molar-refractivity contribution in [2.75, 3.05) is 5.32 Å². The van der Waals surface area contributed by atoms with E-state index < -0.39 is 0 Å². The van der Waals surface area contributed by atoms with E-state index in [-0.39, 0.29) is 10.9 Å². The van der Waals surface area contributed by atoms with Crippen LogP contribution in [-0.2, 0) is 0 Å². The van der Waals surface area contributed by atoms with E-state index in [4.69, 9.17) is 35.4 Å². The Labute approximate surface area is 143 Å². The third-order valence-electron chi connectivity index (χ3n) is 2.59. The van der Waals surface area contributed by atoms with Gasteiger partial charge in [0, 0.05) is 10.6 Å². The van der Waals surface area contributed by atoms with Gasteiger partial charge in [0.1, 0.15) is 0 Å². The normalized spacial score (nSPS) is 10.5. The fourth-order valence-electron chi connectivity index (χ4n) is 1.57. The van der Waals surface area contributed by atoms with Crippen molar-refractivity contribution < 1.29 is 4.79 Å². The number of nitrogens with one attached hydrogen (secondary N) is 2. The van der Waals surface area contributed by atoms with Crippen LogP contribution in [-0.4, -0.2) is 17.1 Å². The zero-order valence-corrected chi connectivity index (χ0v) is 13.5. The molecule has 0 unspecified atom stereocenters. The molecule has 7 heteroatoms. The van der Waals surface area contributed by atoms with Crippen molar-refractivity contribution in [3.05, 3.63) is 64.1 Å². The molecule has 0 bridgehead atoms. The summed E-state index contributed by atoms with van der Waals surface area (Å²) < 4.78 is 0. The lowest BCUT2D eigenvalue weighted by Crippen LogP contribution is -2.24. The predicted octanol–water partition coefficient (Wildman–Crippen LogP) is 4.15. The number of halogens is 2. The summed E-state index contributed by atoms with van der Waals surface area (Å²) >= 11 is 16.9. The quantitative estimate of drug-likeness (QED) is 0.376. The highest BCUT2D eigenvalue weighted by Crippen LogP contribution is 2.25. The van der Waals surface area contributed by atoms with E-state index in [1.54, 1.807) is 42.5 Å². The Morgan fingerprint density at radius 3 is 2.55 bits per heavy atom. The Kier molecular flexibility index (Phi) is 5.89. The van der Waals surface area contributed by atoms with E-state index in [2.05, 4.69) is 15.8 Å². The van der Waals surface area contributed by atoms with Crippen molar-refractivity contribution in [3.8, 4) is 0 Å². The minimum Gasteiger partial charge on any atom is -0.330 e. The van der Waals surface area contributed by atoms with Gasteiger partial charge in [-0.25, -0.2) is 0 Å². The first-order valence-electron chi connectivity index (χ1n) is 6.21. The lowest BCUT2D eigenvalue weighted by atomic mass is 10.1. The van der Waals surface area contributed by atoms with E-state index in [9.17, 15) is 4.79 Å². The highest BCUT2D eigenvalue weighted by Gasteiger charge is 2.03. The first kappa shape index (κ1) is 16.4. The number of Topliss-reactive ketones (excluding diaryl/α,β-unsaturated/α-hetero) is 1. The lowest BCUT2D eigenvalue weighted by molar-refractivity contribution is 0.107. The largest absolute Gasteiger partial charge is 0.330 e. The second-order valence-electron chi connectivity index (χ2n) is 4.18. The number of hydrogen-bond acceptors (Lipinski definition) is 3. The summed E-state index contributed by atoms with van der Waals surface area (Å²) in [7, 11) is 0. The molecule has 0 saturated heterocycles. The van der Waals surface area contributed by atoms with E-state index in [1.807, 2.05) is 6.07 Å². The van der Waals surface area contributed by atoms with Gasteiger partial charge >= 0.3 is 0 Å². The molecule has 112 valence electrons. The van der Waals surface area contributed by atoms with Gasteiger partial charge in [0.25, 0.3) is 0 Å². The van der Waals surface area contributed by atoms with E-state index in [0.29, 0.717) is 21.3 Å². The molecule has 2 aromatic rings. The number of carbonyl (C=O) groups is 1. The predicted molar refractivity (Wildman–Crippen MR) is 95.1 cm³/mol. The van der Waals surface area contributed by atoms with Gasteiger partial charge in [0.2, 0.25) is 5.78 Å². The molecule has 0 fully saturated rings. The maximum atomic E-state index is 11.8. The van der Waals surface area contributed by atoms with Crippen LogP contribution in [0.2, 0.25) is 10.0 Å². The number of nitrogens with zero attached hydrogens (tertiary/aromatic N) is 1. The van der Waals surface area contributed by atoms with Crippen molar-refractivity contribution in [2.45, 2.75) is 0 Å². The summed E-state index contributed by atoms with van der Waals surface area (Å²) in [4.78, 5) is 11.8. The molecule has 0 aromatic heterocycles. The number of ketones is 1. The molecule has 0 aliphatic carbocycles. The molecule has 4 nitrogen and oxygen atoms in total. The molecule has 2 rings (SSSR count). The van der Waals surface area contributed by atoms with Gasteiger partial charge in [-0.2, -0.15) is 5.10 Å². The molecule has 0 amide bonds. The molecule has 0 heterocycles. The van der Waals surface area contributed by atoms with Crippen LogP contribution in [0.25, 0.3) is 0 Å². The fraction of sp³-hybridized carbons (Fsp3) is 0. The molecule has 0 spiro atoms. The standard InChI is InChI=1S/C15H11Cl2N3OS/c16-11-6-7-13(12(17)8-11)19-15(22)20-18-9-14(21)10-4-2-1-3-5-10/h1-9H,(H2,19,20,22)/b18-9-. The van der Waals surface area contributed by atoms with Crippen LogP contribution in [0.15, 0.2) is 53.6 Å². The van der Waals surface area contributed by atoms with Crippen LogP contribution in [0.3, 0.4) is 0 Å². The molecular formula is C15H11Cl2N3OS. The number of rotatable bonds is 4. The average Bonchev–Trinajstić information content (AvgIpc) is 2.51. The molecule has 2 N–H and O–H groups in total. The highest BCUT2D eigenvalue weighted by molar-refractivity contribution is 7.80. The van der Waals surface area contributed by atoms with Crippen molar-refractivity contribution in [3.63, 3.8) is 0 Å². The van der Waals surface area contributed by atoms with Crippen molar-refractivity contribution in [1.82, 2.24) is 5.43 Å². The molecule has 0 aliphatic rings. The number of thiocarbonyl (C=S) groups is 1. The van der Waals surface area contributed by atoms with Gasteiger partial charge in [-0.15, -0.1) is 0 Å². The van der Waals surface area contributed by atoms with Crippen LogP contribution in [0.1, 0.15) is 10.4 Å². The summed E-state index contributed by atoms with van der Waals surface area (Å²) in [6, 6.07) is 13.8. The molecule has 0 saturated carbocycles. The van der Waals surface area contributed by atoms with E-state index >= 15 is 0 Å². The monoisotopic (exact) mass is 351 g/mol. The van der Waals surface area contributed by atoms with Crippen LogP contribution in [0, 0.1) is 0 Å². The second kappa shape index (κ2) is 7.89. The molecule has 22 heavy (non-hydrogen) atoms. The van der Waals surface area contributed by atoms with Gasteiger partial charge < -0.3 is 5.32 Å². The van der Waals surface area contributed by atoms with Crippen LogP contribution in [0.5, 0.6) is 0 Å². The Morgan fingerprint density at radius 1 is 1.14 bits per heavy atom. The maximum Gasteiger partial charge on any atom is 0.205 e. The summed E-state index contributed by atoms with van der Waals surface area (Å²) in [5.41, 5.74) is 3.69. The summed E-state index contributed by atoms with van der Waals surface area (Å²) in [6.45, 7) is 0. The fourth-order valence-corrected chi connectivity index (χ4v) is 2.19. The molecule has 0 radical (unpaired) electrons. The number of hydrazone groups is 1. The SMILES string of the molecule is O=C(/C=N\NC(=S)Nc1ccc(Cl)cc1Cl)c1ccccc1. The third kappa shape index (κ3) is 4.80.